The Bertz CT molecular complexity index is 831. The molecular formula is C21H28BN3O2. The quantitative estimate of drug-likeness (QED) is 0.779. The van der Waals surface area contributed by atoms with Gasteiger partial charge >= 0.3 is 7.12 Å². The molecule has 1 aromatic carbocycles. The molecule has 0 atom stereocenters. The molecule has 4 fully saturated rings. The van der Waals surface area contributed by atoms with Gasteiger partial charge in [-0.25, -0.2) is 0 Å². The average molecular weight is 365 g/mol. The highest BCUT2D eigenvalue weighted by molar-refractivity contribution is 6.62. The van der Waals surface area contributed by atoms with E-state index in [4.69, 9.17) is 9.31 Å². The van der Waals surface area contributed by atoms with Crippen molar-refractivity contribution in [3.63, 3.8) is 0 Å². The van der Waals surface area contributed by atoms with Crippen LogP contribution in [-0.2, 0) is 15.9 Å². The molecule has 0 N–H and O–H groups in total. The first kappa shape index (κ1) is 17.4. The molecule has 1 aliphatic heterocycles. The molecule has 6 rings (SSSR count). The van der Waals surface area contributed by atoms with E-state index in [2.05, 4.69) is 68.5 Å². The van der Waals surface area contributed by atoms with Crippen molar-refractivity contribution in [2.45, 2.75) is 71.1 Å². The third-order valence-electron chi connectivity index (χ3n) is 7.29. The fourth-order valence-corrected chi connectivity index (χ4v) is 4.93. The lowest BCUT2D eigenvalue weighted by atomic mass is 9.70. The van der Waals surface area contributed by atoms with Crippen molar-refractivity contribution in [2.75, 3.05) is 0 Å². The fraction of sp³-hybridized carbons (Fsp3) is 0.619. The number of hydrogen-bond donors (Lipinski definition) is 0. The summed E-state index contributed by atoms with van der Waals surface area (Å²) in [6.07, 6.45) is 7.61. The van der Waals surface area contributed by atoms with Crippen LogP contribution in [0.1, 0.15) is 53.4 Å². The Kier molecular flexibility index (Phi) is 3.67. The van der Waals surface area contributed by atoms with Gasteiger partial charge in [0.2, 0.25) is 0 Å². The summed E-state index contributed by atoms with van der Waals surface area (Å²) >= 11 is 0. The molecule has 5 nitrogen and oxygen atoms in total. The molecule has 2 heterocycles. The number of benzene rings is 1. The van der Waals surface area contributed by atoms with Crippen molar-refractivity contribution in [2.24, 2.45) is 11.3 Å². The van der Waals surface area contributed by atoms with E-state index in [0.29, 0.717) is 5.41 Å². The topological polar surface area (TPSA) is 49.2 Å². The van der Waals surface area contributed by atoms with Crippen LogP contribution in [0.5, 0.6) is 0 Å². The van der Waals surface area contributed by atoms with E-state index in [-0.39, 0.29) is 18.3 Å². The average Bonchev–Trinajstić information content (AvgIpc) is 3.32. The van der Waals surface area contributed by atoms with E-state index >= 15 is 0 Å². The van der Waals surface area contributed by atoms with Crippen molar-refractivity contribution in [1.29, 1.82) is 0 Å². The van der Waals surface area contributed by atoms with E-state index in [9.17, 15) is 0 Å². The second-order valence-corrected chi connectivity index (χ2v) is 9.82. The first-order chi connectivity index (χ1) is 12.8. The molecule has 3 saturated carbocycles. The van der Waals surface area contributed by atoms with Crippen LogP contribution in [0.15, 0.2) is 30.5 Å². The standard InChI is InChI=1S/C21H28BN3O2/c1-19(2)20(3,4)27-22(26-19)17-7-5-16(6-8-17)18-13-25(24-23-18)14-21-10-9-15(11-21)12-21/h5-8,13,15H,9-12,14H2,1-4H3. The summed E-state index contributed by atoms with van der Waals surface area (Å²) in [4.78, 5) is 0. The Labute approximate surface area is 161 Å². The zero-order valence-corrected chi connectivity index (χ0v) is 16.7. The minimum atomic E-state index is -0.326. The van der Waals surface area contributed by atoms with E-state index in [1.807, 2.05) is 4.68 Å². The molecular weight excluding hydrogens is 337 g/mol. The SMILES string of the molecule is CC1(C)OB(c2ccc(-c3cn(CC45CCC(C4)C5)nn3)cc2)OC1(C)C. The Balaban J connectivity index is 1.30. The second kappa shape index (κ2) is 5.68. The lowest BCUT2D eigenvalue weighted by Gasteiger charge is -2.38. The normalized spacial score (nSPS) is 30.5. The van der Waals surface area contributed by atoms with Gasteiger partial charge in [0.05, 0.1) is 17.4 Å². The maximum Gasteiger partial charge on any atom is 0.494 e. The first-order valence-electron chi connectivity index (χ1n) is 10.1. The van der Waals surface area contributed by atoms with Crippen molar-refractivity contribution in [3.05, 3.63) is 30.5 Å². The van der Waals surface area contributed by atoms with Crippen LogP contribution >= 0.6 is 0 Å². The summed E-state index contributed by atoms with van der Waals surface area (Å²) in [5.41, 5.74) is 2.92. The molecule has 0 spiro atoms. The fourth-order valence-electron chi connectivity index (χ4n) is 4.93. The highest BCUT2D eigenvalue weighted by Gasteiger charge is 2.52. The third kappa shape index (κ3) is 2.85. The van der Waals surface area contributed by atoms with Crippen LogP contribution < -0.4 is 5.46 Å². The summed E-state index contributed by atoms with van der Waals surface area (Å²) in [6.45, 7) is 9.33. The van der Waals surface area contributed by atoms with Gasteiger partial charge in [-0.3, -0.25) is 4.68 Å². The maximum absolute atomic E-state index is 6.14. The van der Waals surface area contributed by atoms with Gasteiger partial charge in [-0.15, -0.1) is 5.10 Å². The molecule has 1 aromatic heterocycles. The summed E-state index contributed by atoms with van der Waals surface area (Å²) in [6, 6.07) is 8.31. The molecule has 142 valence electrons. The Morgan fingerprint density at radius 3 is 2.33 bits per heavy atom. The molecule has 0 amide bonds. The lowest BCUT2D eigenvalue weighted by molar-refractivity contribution is 0.00578. The number of aromatic nitrogens is 3. The largest absolute Gasteiger partial charge is 0.494 e. The third-order valence-corrected chi connectivity index (χ3v) is 7.29. The predicted octanol–water partition coefficient (Wildman–Crippen LogP) is 3.43. The minimum Gasteiger partial charge on any atom is -0.399 e. The molecule has 6 heteroatoms. The molecule has 2 bridgehead atoms. The summed E-state index contributed by atoms with van der Waals surface area (Å²) < 4.78 is 14.3. The van der Waals surface area contributed by atoms with Gasteiger partial charge in [0.15, 0.2) is 0 Å². The van der Waals surface area contributed by atoms with Gasteiger partial charge in [-0.1, -0.05) is 29.5 Å². The highest BCUT2D eigenvalue weighted by atomic mass is 16.7. The van der Waals surface area contributed by atoms with E-state index in [1.54, 1.807) is 0 Å². The zero-order valence-electron chi connectivity index (χ0n) is 16.7. The van der Waals surface area contributed by atoms with Crippen LogP contribution in [-0.4, -0.2) is 33.3 Å². The van der Waals surface area contributed by atoms with Gasteiger partial charge < -0.3 is 9.31 Å². The van der Waals surface area contributed by atoms with Crippen LogP contribution in [0.2, 0.25) is 0 Å². The Hall–Kier alpha value is -1.66. The first-order valence-corrected chi connectivity index (χ1v) is 10.1. The van der Waals surface area contributed by atoms with Gasteiger partial charge in [-0.05, 0) is 70.2 Å². The summed E-state index contributed by atoms with van der Waals surface area (Å²) in [5, 5.41) is 8.78. The van der Waals surface area contributed by atoms with Crippen LogP contribution in [0.25, 0.3) is 11.3 Å². The number of rotatable bonds is 4. The predicted molar refractivity (Wildman–Crippen MR) is 106 cm³/mol. The molecule has 0 unspecified atom stereocenters. The van der Waals surface area contributed by atoms with Gasteiger partial charge in [0.1, 0.15) is 5.69 Å². The smallest absolute Gasteiger partial charge is 0.399 e. The van der Waals surface area contributed by atoms with E-state index in [0.717, 1.165) is 29.2 Å². The van der Waals surface area contributed by atoms with Crippen molar-refractivity contribution in [1.82, 2.24) is 15.0 Å². The van der Waals surface area contributed by atoms with Crippen LogP contribution in [0.3, 0.4) is 0 Å². The van der Waals surface area contributed by atoms with Crippen molar-refractivity contribution >= 4 is 12.6 Å². The van der Waals surface area contributed by atoms with Gasteiger partial charge in [0.25, 0.3) is 0 Å². The Morgan fingerprint density at radius 2 is 1.74 bits per heavy atom. The Morgan fingerprint density at radius 1 is 1.07 bits per heavy atom. The molecule has 27 heavy (non-hydrogen) atoms. The van der Waals surface area contributed by atoms with E-state index < -0.39 is 0 Å². The number of nitrogens with zero attached hydrogens (tertiary/aromatic N) is 3. The summed E-state index contributed by atoms with van der Waals surface area (Å²) in [5.74, 6) is 0.982. The second-order valence-electron chi connectivity index (χ2n) is 9.82. The molecule has 3 aliphatic carbocycles. The number of fused-ring (bicyclic) bond motifs is 1. The minimum absolute atomic E-state index is 0.320. The van der Waals surface area contributed by atoms with Gasteiger partial charge in [-0.2, -0.15) is 0 Å². The number of hydrogen-bond acceptors (Lipinski definition) is 4. The van der Waals surface area contributed by atoms with E-state index in [1.165, 1.54) is 25.7 Å². The highest BCUT2D eigenvalue weighted by Crippen LogP contribution is 2.59. The van der Waals surface area contributed by atoms with Crippen LogP contribution in [0.4, 0.5) is 0 Å². The molecule has 2 aromatic rings. The van der Waals surface area contributed by atoms with Crippen molar-refractivity contribution < 1.29 is 9.31 Å². The zero-order chi connectivity index (χ0) is 18.9. The maximum atomic E-state index is 6.14. The summed E-state index contributed by atoms with van der Waals surface area (Å²) in [7, 11) is -0.326. The van der Waals surface area contributed by atoms with Crippen LogP contribution in [0, 0.1) is 11.3 Å². The van der Waals surface area contributed by atoms with Crippen molar-refractivity contribution in [3.8, 4) is 11.3 Å². The monoisotopic (exact) mass is 365 g/mol. The molecule has 1 saturated heterocycles. The van der Waals surface area contributed by atoms with Gasteiger partial charge in [0, 0.05) is 12.1 Å². The molecule has 0 radical (unpaired) electrons. The lowest BCUT2D eigenvalue weighted by Crippen LogP contribution is -2.41. The molecule has 4 aliphatic rings.